The zero-order valence-electron chi connectivity index (χ0n) is 14.2. The second-order valence-electron chi connectivity index (χ2n) is 6.47. The number of benzene rings is 2. The van der Waals surface area contributed by atoms with Gasteiger partial charge in [0.2, 0.25) is 0 Å². The third-order valence-corrected chi connectivity index (χ3v) is 3.67. The molecule has 126 valence electrons. The fraction of sp³-hybridized carbons (Fsp3) is 0.263. The molecule has 0 atom stereocenters. The van der Waals surface area contributed by atoms with Crippen LogP contribution in [-0.4, -0.2) is 24.1 Å². The molecule has 2 aromatic rings. The number of hydrogen-bond donors (Lipinski definition) is 2. The van der Waals surface area contributed by atoms with Crippen molar-refractivity contribution in [2.24, 2.45) is 0 Å². The Balaban J connectivity index is 2.33. The lowest BCUT2D eigenvalue weighted by Gasteiger charge is -2.22. The number of carbonyl (C=O) groups is 2. The number of carboxylic acids is 1. The number of carboxylic acid groups (broad SMARTS) is 1. The minimum atomic E-state index is -1.08. The minimum Gasteiger partial charge on any atom is -0.496 e. The number of carbonyl (C=O) groups excluding carboxylic acids is 1. The molecule has 2 N–H and O–H groups in total. The number of amides is 1. The third kappa shape index (κ3) is 3.74. The molecular weight excluding hydrogens is 306 g/mol. The van der Waals surface area contributed by atoms with Crippen LogP contribution in [0.2, 0.25) is 0 Å². The molecule has 0 radical (unpaired) electrons. The average molecular weight is 327 g/mol. The van der Waals surface area contributed by atoms with E-state index < -0.39 is 5.97 Å². The summed E-state index contributed by atoms with van der Waals surface area (Å²) in [5, 5.41) is 11.9. The molecule has 0 aliphatic carbocycles. The van der Waals surface area contributed by atoms with E-state index in [1.807, 2.05) is 39.0 Å². The van der Waals surface area contributed by atoms with Crippen LogP contribution >= 0.6 is 0 Å². The third-order valence-electron chi connectivity index (χ3n) is 3.67. The first-order chi connectivity index (χ1) is 11.2. The molecule has 0 aliphatic heterocycles. The van der Waals surface area contributed by atoms with Gasteiger partial charge in [0, 0.05) is 17.3 Å². The van der Waals surface area contributed by atoms with Gasteiger partial charge in [-0.25, -0.2) is 4.79 Å². The smallest absolute Gasteiger partial charge is 0.339 e. The van der Waals surface area contributed by atoms with E-state index in [0.29, 0.717) is 11.3 Å². The molecule has 1 amide bonds. The summed E-state index contributed by atoms with van der Waals surface area (Å²) >= 11 is 0. The molecule has 5 heteroatoms. The normalized spacial score (nSPS) is 11.0. The molecule has 0 saturated heterocycles. The monoisotopic (exact) mass is 327 g/mol. The van der Waals surface area contributed by atoms with Gasteiger partial charge in [0.1, 0.15) is 11.3 Å². The van der Waals surface area contributed by atoms with Gasteiger partial charge in [-0.1, -0.05) is 39.0 Å². The van der Waals surface area contributed by atoms with E-state index in [4.69, 9.17) is 9.84 Å². The van der Waals surface area contributed by atoms with Gasteiger partial charge in [0.05, 0.1) is 7.11 Å². The van der Waals surface area contributed by atoms with Crippen LogP contribution in [0.4, 0.5) is 5.69 Å². The van der Waals surface area contributed by atoms with Crippen LogP contribution in [0.25, 0.3) is 0 Å². The summed E-state index contributed by atoms with van der Waals surface area (Å²) in [6.07, 6.45) is 0. The van der Waals surface area contributed by atoms with Crippen molar-refractivity contribution in [3.8, 4) is 5.75 Å². The molecule has 5 nitrogen and oxygen atoms in total. The zero-order chi connectivity index (χ0) is 17.9. The maximum absolute atomic E-state index is 12.6. The van der Waals surface area contributed by atoms with Crippen LogP contribution in [0.15, 0.2) is 42.5 Å². The molecule has 2 aromatic carbocycles. The molecule has 0 fully saturated rings. The summed E-state index contributed by atoms with van der Waals surface area (Å²) < 4.78 is 5.08. The quantitative estimate of drug-likeness (QED) is 0.892. The Morgan fingerprint density at radius 3 is 2.29 bits per heavy atom. The molecule has 0 aliphatic rings. The maximum atomic E-state index is 12.6. The first-order valence-electron chi connectivity index (χ1n) is 7.56. The number of anilines is 1. The number of rotatable bonds is 4. The van der Waals surface area contributed by atoms with Gasteiger partial charge in [-0.15, -0.1) is 0 Å². The van der Waals surface area contributed by atoms with Gasteiger partial charge in [-0.2, -0.15) is 0 Å². The second-order valence-corrected chi connectivity index (χ2v) is 6.47. The zero-order valence-corrected chi connectivity index (χ0v) is 14.2. The maximum Gasteiger partial charge on any atom is 0.339 e. The summed E-state index contributed by atoms with van der Waals surface area (Å²) in [5.41, 5.74) is 1.89. The molecule has 0 saturated carbocycles. The highest BCUT2D eigenvalue weighted by Gasteiger charge is 2.21. The molecule has 0 bridgehead atoms. The Labute approximate surface area is 141 Å². The topological polar surface area (TPSA) is 75.6 Å². The number of hydrogen-bond acceptors (Lipinski definition) is 3. The Kier molecular flexibility index (Phi) is 4.93. The summed E-state index contributed by atoms with van der Waals surface area (Å²) in [6, 6.07) is 11.9. The number of methoxy groups -OCH3 is 1. The van der Waals surface area contributed by atoms with Gasteiger partial charge in [0.25, 0.3) is 5.91 Å². The largest absolute Gasteiger partial charge is 0.496 e. The van der Waals surface area contributed by atoms with E-state index in [0.717, 1.165) is 5.56 Å². The number of aromatic carboxylic acids is 1. The van der Waals surface area contributed by atoms with Crippen molar-refractivity contribution in [1.29, 1.82) is 0 Å². The summed E-state index contributed by atoms with van der Waals surface area (Å²) in [6.45, 7) is 6.14. The van der Waals surface area contributed by atoms with Crippen molar-refractivity contribution in [2.45, 2.75) is 26.2 Å². The van der Waals surface area contributed by atoms with E-state index in [9.17, 15) is 9.59 Å². The molecule has 0 spiro atoms. The van der Waals surface area contributed by atoms with Gasteiger partial charge in [0.15, 0.2) is 0 Å². The molecule has 0 aromatic heterocycles. The van der Waals surface area contributed by atoms with Gasteiger partial charge < -0.3 is 15.2 Å². The lowest BCUT2D eigenvalue weighted by molar-refractivity contribution is 0.0693. The average Bonchev–Trinajstić information content (AvgIpc) is 2.53. The van der Waals surface area contributed by atoms with Crippen LogP contribution in [-0.2, 0) is 5.41 Å². The molecule has 0 heterocycles. The predicted octanol–water partition coefficient (Wildman–Crippen LogP) is 3.94. The summed E-state index contributed by atoms with van der Waals surface area (Å²) in [7, 11) is 1.39. The molecule has 24 heavy (non-hydrogen) atoms. The van der Waals surface area contributed by atoms with E-state index >= 15 is 0 Å². The van der Waals surface area contributed by atoms with Crippen molar-refractivity contribution in [3.05, 3.63) is 59.2 Å². The van der Waals surface area contributed by atoms with Crippen LogP contribution in [0.5, 0.6) is 5.75 Å². The van der Waals surface area contributed by atoms with Crippen molar-refractivity contribution in [1.82, 2.24) is 0 Å². The Hall–Kier alpha value is -2.82. The summed E-state index contributed by atoms with van der Waals surface area (Å²) in [5.74, 6) is -1.13. The Morgan fingerprint density at radius 1 is 1.04 bits per heavy atom. The molecule has 2 rings (SSSR count). The van der Waals surface area contributed by atoms with Crippen LogP contribution in [0, 0.1) is 0 Å². The number of ether oxygens (including phenoxy) is 1. The van der Waals surface area contributed by atoms with E-state index in [-0.39, 0.29) is 22.6 Å². The highest BCUT2D eigenvalue weighted by Crippen LogP contribution is 2.27. The van der Waals surface area contributed by atoms with Crippen LogP contribution in [0.1, 0.15) is 47.1 Å². The first kappa shape index (κ1) is 17.5. The molecular formula is C19H21NO4. The summed E-state index contributed by atoms with van der Waals surface area (Å²) in [4.78, 5) is 23.8. The fourth-order valence-corrected chi connectivity index (χ4v) is 2.48. The van der Waals surface area contributed by atoms with Gasteiger partial charge >= 0.3 is 5.97 Å². The molecule has 0 unspecified atom stereocenters. The Bertz CT molecular complexity index is 775. The second kappa shape index (κ2) is 6.74. The predicted molar refractivity (Wildman–Crippen MR) is 93.0 cm³/mol. The van der Waals surface area contributed by atoms with E-state index in [1.165, 1.54) is 19.2 Å². The first-order valence-corrected chi connectivity index (χ1v) is 7.56. The van der Waals surface area contributed by atoms with Crippen molar-refractivity contribution in [3.63, 3.8) is 0 Å². The minimum absolute atomic E-state index is 0.0468. The highest BCUT2D eigenvalue weighted by molar-refractivity contribution is 6.06. The van der Waals surface area contributed by atoms with Crippen LogP contribution in [0.3, 0.4) is 0 Å². The van der Waals surface area contributed by atoms with Crippen molar-refractivity contribution < 1.29 is 19.4 Å². The lowest BCUT2D eigenvalue weighted by Crippen LogP contribution is -2.21. The SMILES string of the molecule is COc1cc(NC(=O)c2ccccc2C(C)(C)C)ccc1C(=O)O. The van der Waals surface area contributed by atoms with Gasteiger partial charge in [-0.3, -0.25) is 4.79 Å². The van der Waals surface area contributed by atoms with E-state index in [2.05, 4.69) is 5.32 Å². The highest BCUT2D eigenvalue weighted by atomic mass is 16.5. The van der Waals surface area contributed by atoms with E-state index in [1.54, 1.807) is 12.1 Å². The van der Waals surface area contributed by atoms with Crippen LogP contribution < -0.4 is 10.1 Å². The fourth-order valence-electron chi connectivity index (χ4n) is 2.48. The van der Waals surface area contributed by atoms with Crippen molar-refractivity contribution >= 4 is 17.6 Å². The number of nitrogens with one attached hydrogen (secondary N) is 1. The Morgan fingerprint density at radius 2 is 1.71 bits per heavy atom. The van der Waals surface area contributed by atoms with Crippen molar-refractivity contribution in [2.75, 3.05) is 12.4 Å². The van der Waals surface area contributed by atoms with Gasteiger partial charge in [-0.05, 0) is 29.2 Å². The standard InChI is InChI=1S/C19H21NO4/c1-19(2,3)15-8-6-5-7-13(15)17(21)20-12-9-10-14(18(22)23)16(11-12)24-4/h5-11H,1-4H3,(H,20,21)(H,22,23). The lowest BCUT2D eigenvalue weighted by atomic mass is 9.83.